The molecular weight excluding hydrogens is 220 g/mol. The number of benzene rings is 1. The maximum absolute atomic E-state index is 5.39. The van der Waals surface area contributed by atoms with Crippen LogP contribution in [0, 0.1) is 0 Å². The van der Waals surface area contributed by atoms with E-state index < -0.39 is 0 Å². The molecule has 3 heteroatoms. The summed E-state index contributed by atoms with van der Waals surface area (Å²) < 4.78 is 10.4. The molecule has 0 radical (unpaired) electrons. The van der Waals surface area contributed by atoms with Gasteiger partial charge in [0.25, 0.3) is 0 Å². The summed E-state index contributed by atoms with van der Waals surface area (Å²) >= 11 is 3.29. The maximum Gasteiger partial charge on any atom is 0.150 e. The van der Waals surface area contributed by atoms with Crippen LogP contribution < -0.4 is 9.47 Å². The molecule has 0 aliphatic heterocycles. The van der Waals surface area contributed by atoms with Crippen molar-refractivity contribution in [2.75, 3.05) is 7.11 Å². The van der Waals surface area contributed by atoms with E-state index in [4.69, 9.17) is 9.47 Å². The van der Waals surface area contributed by atoms with Gasteiger partial charge in [0.05, 0.1) is 7.11 Å². The highest BCUT2D eigenvalue weighted by molar-refractivity contribution is 9.09. The van der Waals surface area contributed by atoms with Crippen molar-refractivity contribution < 1.29 is 9.47 Å². The Morgan fingerprint density at radius 2 is 2.00 bits per heavy atom. The molecule has 0 saturated heterocycles. The molecule has 0 amide bonds. The zero-order chi connectivity index (χ0) is 8.97. The first-order chi connectivity index (χ1) is 5.72. The Labute approximate surface area is 80.6 Å². The van der Waals surface area contributed by atoms with Crippen LogP contribution in [0.4, 0.5) is 0 Å². The number of hydrogen-bond donors (Lipinski definition) is 0. The first-order valence-corrected chi connectivity index (χ1v) is 4.58. The first-order valence-electron chi connectivity index (χ1n) is 3.67. The highest BCUT2D eigenvalue weighted by Gasteiger charge is 1.99. The van der Waals surface area contributed by atoms with E-state index in [1.54, 1.807) is 7.11 Å². The summed E-state index contributed by atoms with van der Waals surface area (Å²) in [6, 6.07) is 7.51. The van der Waals surface area contributed by atoms with Gasteiger partial charge in [0, 0.05) is 6.07 Å². The van der Waals surface area contributed by atoms with E-state index in [9.17, 15) is 0 Å². The first kappa shape index (κ1) is 9.39. The van der Waals surface area contributed by atoms with Gasteiger partial charge in [-0.2, -0.15) is 0 Å². The van der Waals surface area contributed by atoms with Crippen LogP contribution in [0.5, 0.6) is 11.5 Å². The standard InChI is InChI=1S/C9H11BrO2/c1-7(10)12-9-5-3-4-8(6-9)11-2/h3-7H,1-2H3. The number of halogens is 1. The Morgan fingerprint density at radius 1 is 1.33 bits per heavy atom. The Balaban J connectivity index is 2.72. The van der Waals surface area contributed by atoms with Crippen LogP contribution in [0.25, 0.3) is 0 Å². The van der Waals surface area contributed by atoms with Gasteiger partial charge < -0.3 is 9.47 Å². The van der Waals surface area contributed by atoms with Gasteiger partial charge in [-0.15, -0.1) is 0 Å². The van der Waals surface area contributed by atoms with Crippen molar-refractivity contribution in [2.45, 2.75) is 11.9 Å². The molecule has 0 N–H and O–H groups in total. The molecular formula is C9H11BrO2. The van der Waals surface area contributed by atoms with Crippen molar-refractivity contribution >= 4 is 15.9 Å². The molecule has 0 saturated carbocycles. The minimum Gasteiger partial charge on any atom is -0.497 e. The van der Waals surface area contributed by atoms with E-state index in [2.05, 4.69) is 15.9 Å². The topological polar surface area (TPSA) is 18.5 Å². The highest BCUT2D eigenvalue weighted by atomic mass is 79.9. The van der Waals surface area contributed by atoms with E-state index in [1.807, 2.05) is 31.2 Å². The number of rotatable bonds is 3. The van der Waals surface area contributed by atoms with Gasteiger partial charge in [-0.1, -0.05) is 6.07 Å². The van der Waals surface area contributed by atoms with Gasteiger partial charge in [-0.05, 0) is 35.0 Å². The molecule has 66 valence electrons. The molecule has 1 aromatic rings. The van der Waals surface area contributed by atoms with Gasteiger partial charge in [0.1, 0.15) is 11.5 Å². The lowest BCUT2D eigenvalue weighted by molar-refractivity contribution is 0.311. The molecule has 1 aromatic carbocycles. The fourth-order valence-corrected chi connectivity index (χ4v) is 1.08. The molecule has 0 bridgehead atoms. The lowest BCUT2D eigenvalue weighted by Gasteiger charge is -2.08. The predicted molar refractivity (Wildman–Crippen MR) is 52.0 cm³/mol. The molecule has 0 fully saturated rings. The van der Waals surface area contributed by atoms with Gasteiger partial charge in [0.15, 0.2) is 5.01 Å². The minimum atomic E-state index is 0.0182. The van der Waals surface area contributed by atoms with Gasteiger partial charge in [-0.3, -0.25) is 0 Å². The molecule has 2 nitrogen and oxygen atoms in total. The van der Waals surface area contributed by atoms with Crippen LogP contribution in [0.15, 0.2) is 24.3 Å². The largest absolute Gasteiger partial charge is 0.497 e. The Hall–Kier alpha value is -0.700. The zero-order valence-electron chi connectivity index (χ0n) is 7.08. The summed E-state index contributed by atoms with van der Waals surface area (Å²) in [4.78, 5) is 0. The monoisotopic (exact) mass is 230 g/mol. The van der Waals surface area contributed by atoms with Crippen LogP contribution in [0.3, 0.4) is 0 Å². The summed E-state index contributed by atoms with van der Waals surface area (Å²) in [7, 11) is 1.64. The lowest BCUT2D eigenvalue weighted by atomic mass is 10.3. The average Bonchev–Trinajstić information content (AvgIpc) is 2.03. The van der Waals surface area contributed by atoms with Crippen molar-refractivity contribution in [1.29, 1.82) is 0 Å². The second-order valence-corrected chi connectivity index (χ2v) is 3.63. The second kappa shape index (κ2) is 4.36. The van der Waals surface area contributed by atoms with Gasteiger partial charge in [0.2, 0.25) is 0 Å². The smallest absolute Gasteiger partial charge is 0.150 e. The number of alkyl halides is 1. The van der Waals surface area contributed by atoms with Crippen molar-refractivity contribution in [2.24, 2.45) is 0 Å². The third-order valence-electron chi connectivity index (χ3n) is 1.34. The second-order valence-electron chi connectivity index (χ2n) is 2.34. The number of ether oxygens (including phenoxy) is 2. The van der Waals surface area contributed by atoms with E-state index in [0.717, 1.165) is 11.5 Å². The third kappa shape index (κ3) is 2.74. The molecule has 0 aliphatic rings. The predicted octanol–water partition coefficient (Wildman–Crippen LogP) is 2.81. The summed E-state index contributed by atoms with van der Waals surface area (Å²) in [5.74, 6) is 1.61. The highest BCUT2D eigenvalue weighted by Crippen LogP contribution is 2.20. The zero-order valence-corrected chi connectivity index (χ0v) is 8.67. The van der Waals surface area contributed by atoms with Crippen molar-refractivity contribution in [3.05, 3.63) is 24.3 Å². The van der Waals surface area contributed by atoms with Gasteiger partial charge >= 0.3 is 0 Å². The third-order valence-corrected chi connectivity index (χ3v) is 1.53. The maximum atomic E-state index is 5.39. The Bertz CT molecular complexity index is 248. The summed E-state index contributed by atoms with van der Waals surface area (Å²) in [5, 5.41) is 0.0182. The van der Waals surface area contributed by atoms with E-state index in [0.29, 0.717) is 0 Å². The molecule has 0 aliphatic carbocycles. The lowest BCUT2D eigenvalue weighted by Crippen LogP contribution is -2.01. The molecule has 1 rings (SSSR count). The molecule has 0 aromatic heterocycles. The quantitative estimate of drug-likeness (QED) is 0.744. The van der Waals surface area contributed by atoms with Crippen LogP contribution >= 0.6 is 15.9 Å². The van der Waals surface area contributed by atoms with Crippen LogP contribution in [-0.4, -0.2) is 12.1 Å². The summed E-state index contributed by atoms with van der Waals surface area (Å²) in [6.07, 6.45) is 0. The SMILES string of the molecule is COc1cccc(OC(C)Br)c1. The molecule has 12 heavy (non-hydrogen) atoms. The van der Waals surface area contributed by atoms with Crippen molar-refractivity contribution in [3.63, 3.8) is 0 Å². The minimum absolute atomic E-state index is 0.0182. The number of methoxy groups -OCH3 is 1. The molecule has 1 atom stereocenters. The molecule has 0 spiro atoms. The van der Waals surface area contributed by atoms with E-state index in [-0.39, 0.29) is 5.01 Å². The normalized spacial score (nSPS) is 12.2. The Morgan fingerprint density at radius 3 is 2.58 bits per heavy atom. The average molecular weight is 231 g/mol. The summed E-state index contributed by atoms with van der Waals surface area (Å²) in [5.41, 5.74) is 0. The van der Waals surface area contributed by atoms with E-state index in [1.165, 1.54) is 0 Å². The fourth-order valence-electron chi connectivity index (χ4n) is 0.862. The van der Waals surface area contributed by atoms with E-state index >= 15 is 0 Å². The van der Waals surface area contributed by atoms with Crippen LogP contribution in [0.1, 0.15) is 6.92 Å². The van der Waals surface area contributed by atoms with Crippen LogP contribution in [0.2, 0.25) is 0 Å². The van der Waals surface area contributed by atoms with Gasteiger partial charge in [-0.25, -0.2) is 0 Å². The number of hydrogen-bond acceptors (Lipinski definition) is 2. The molecule has 0 heterocycles. The van der Waals surface area contributed by atoms with Crippen molar-refractivity contribution in [1.82, 2.24) is 0 Å². The Kier molecular flexibility index (Phi) is 3.41. The van der Waals surface area contributed by atoms with Crippen LogP contribution in [-0.2, 0) is 0 Å². The van der Waals surface area contributed by atoms with Crippen molar-refractivity contribution in [3.8, 4) is 11.5 Å². The fraction of sp³-hybridized carbons (Fsp3) is 0.333. The molecule has 1 unspecified atom stereocenters. The summed E-state index contributed by atoms with van der Waals surface area (Å²) in [6.45, 7) is 1.92.